The molecule has 0 saturated carbocycles. The molecule has 19 heavy (non-hydrogen) atoms. The third-order valence-corrected chi connectivity index (χ3v) is 4.63. The molecule has 1 heterocycles. The van der Waals surface area contributed by atoms with Crippen LogP contribution >= 0.6 is 38.9 Å². The van der Waals surface area contributed by atoms with Gasteiger partial charge in [0.05, 0.1) is 16.8 Å². The fraction of sp³-hybridized carbons (Fsp3) is 0.0714. The van der Waals surface area contributed by atoms with Crippen LogP contribution in [-0.2, 0) is 6.54 Å². The molecule has 0 aliphatic carbocycles. The van der Waals surface area contributed by atoms with Crippen molar-refractivity contribution >= 4 is 54.8 Å². The standard InChI is InChI=1S/C14H10BrClN2S/c15-10-7-9(16)5-6-11(10)17-8-14-18-12-3-1-2-4-13(12)19-14/h1-7,17H,8H2. The van der Waals surface area contributed by atoms with Gasteiger partial charge >= 0.3 is 0 Å². The number of anilines is 1. The van der Waals surface area contributed by atoms with Crippen LogP contribution in [0.15, 0.2) is 46.9 Å². The Bertz CT molecular complexity index is 693. The van der Waals surface area contributed by atoms with E-state index in [0.717, 1.165) is 25.7 Å². The number of hydrogen-bond donors (Lipinski definition) is 1. The molecule has 3 aromatic rings. The Kier molecular flexibility index (Phi) is 3.73. The van der Waals surface area contributed by atoms with Crippen LogP contribution < -0.4 is 5.32 Å². The number of fused-ring (bicyclic) bond motifs is 1. The van der Waals surface area contributed by atoms with Crippen LogP contribution in [0.4, 0.5) is 5.69 Å². The highest BCUT2D eigenvalue weighted by Crippen LogP contribution is 2.27. The number of nitrogens with one attached hydrogen (secondary N) is 1. The molecule has 5 heteroatoms. The van der Waals surface area contributed by atoms with Gasteiger partial charge in [0.1, 0.15) is 5.01 Å². The lowest BCUT2D eigenvalue weighted by Crippen LogP contribution is -1.99. The monoisotopic (exact) mass is 352 g/mol. The van der Waals surface area contributed by atoms with E-state index in [1.807, 2.05) is 36.4 Å². The van der Waals surface area contributed by atoms with E-state index in [9.17, 15) is 0 Å². The van der Waals surface area contributed by atoms with E-state index < -0.39 is 0 Å². The van der Waals surface area contributed by atoms with Crippen molar-refractivity contribution in [2.75, 3.05) is 5.32 Å². The summed E-state index contributed by atoms with van der Waals surface area (Å²) in [6.07, 6.45) is 0. The van der Waals surface area contributed by atoms with Gasteiger partial charge in [0.2, 0.25) is 0 Å². The highest BCUT2D eigenvalue weighted by Gasteiger charge is 2.04. The average molecular weight is 354 g/mol. The number of hydrogen-bond acceptors (Lipinski definition) is 3. The van der Waals surface area contributed by atoms with Crippen LogP contribution in [0.5, 0.6) is 0 Å². The maximum Gasteiger partial charge on any atom is 0.113 e. The maximum absolute atomic E-state index is 5.92. The van der Waals surface area contributed by atoms with Crippen LogP contribution in [0.2, 0.25) is 5.02 Å². The Morgan fingerprint density at radius 2 is 2.05 bits per heavy atom. The Morgan fingerprint density at radius 1 is 1.21 bits per heavy atom. The maximum atomic E-state index is 5.92. The topological polar surface area (TPSA) is 24.9 Å². The van der Waals surface area contributed by atoms with Crippen molar-refractivity contribution in [2.45, 2.75) is 6.54 Å². The summed E-state index contributed by atoms with van der Waals surface area (Å²) in [5, 5.41) is 5.15. The molecule has 0 amide bonds. The molecule has 2 nitrogen and oxygen atoms in total. The number of para-hydroxylation sites is 1. The van der Waals surface area contributed by atoms with Crippen LogP contribution in [0.3, 0.4) is 0 Å². The zero-order valence-electron chi connectivity index (χ0n) is 9.86. The molecule has 0 radical (unpaired) electrons. The molecule has 0 unspecified atom stereocenters. The SMILES string of the molecule is Clc1ccc(NCc2nc3ccccc3s2)c(Br)c1. The smallest absolute Gasteiger partial charge is 0.113 e. The molecule has 0 fully saturated rings. The second kappa shape index (κ2) is 5.49. The zero-order valence-corrected chi connectivity index (χ0v) is 13.0. The predicted octanol–water partition coefficient (Wildman–Crippen LogP) is 5.32. The third-order valence-electron chi connectivity index (χ3n) is 2.70. The highest BCUT2D eigenvalue weighted by molar-refractivity contribution is 9.10. The number of rotatable bonds is 3. The van der Waals surface area contributed by atoms with Gasteiger partial charge in [-0.1, -0.05) is 23.7 Å². The van der Waals surface area contributed by atoms with Crippen molar-refractivity contribution in [2.24, 2.45) is 0 Å². The number of halogens is 2. The van der Waals surface area contributed by atoms with Crippen molar-refractivity contribution in [1.29, 1.82) is 0 Å². The van der Waals surface area contributed by atoms with Gasteiger partial charge in [-0.05, 0) is 46.3 Å². The minimum atomic E-state index is 0.708. The van der Waals surface area contributed by atoms with E-state index in [4.69, 9.17) is 11.6 Å². The fourth-order valence-corrected chi connectivity index (χ4v) is 3.53. The molecule has 0 atom stereocenters. The Labute approximate surface area is 128 Å². The summed E-state index contributed by atoms with van der Waals surface area (Å²) >= 11 is 11.1. The predicted molar refractivity (Wildman–Crippen MR) is 86.1 cm³/mol. The normalized spacial score (nSPS) is 10.8. The zero-order chi connectivity index (χ0) is 13.2. The minimum Gasteiger partial charge on any atom is -0.378 e. The van der Waals surface area contributed by atoms with Gasteiger partial charge in [0, 0.05) is 15.2 Å². The number of thiazole rings is 1. The van der Waals surface area contributed by atoms with Crippen LogP contribution in [0, 0.1) is 0 Å². The summed E-state index contributed by atoms with van der Waals surface area (Å²) in [6, 6.07) is 13.9. The first-order chi connectivity index (χ1) is 9.22. The fourth-order valence-electron chi connectivity index (χ4n) is 1.80. The summed E-state index contributed by atoms with van der Waals surface area (Å²) in [7, 11) is 0. The number of nitrogens with zero attached hydrogens (tertiary/aromatic N) is 1. The first-order valence-corrected chi connectivity index (χ1v) is 7.74. The second-order valence-corrected chi connectivity index (χ2v) is 6.46. The van der Waals surface area contributed by atoms with Crippen LogP contribution in [0.1, 0.15) is 5.01 Å². The molecule has 2 aromatic carbocycles. The lowest BCUT2D eigenvalue weighted by Gasteiger charge is -2.06. The molecule has 0 bridgehead atoms. The first-order valence-electron chi connectivity index (χ1n) is 5.76. The second-order valence-electron chi connectivity index (χ2n) is 4.05. The van der Waals surface area contributed by atoms with Crippen LogP contribution in [0.25, 0.3) is 10.2 Å². The van der Waals surface area contributed by atoms with Crippen molar-refractivity contribution < 1.29 is 0 Å². The van der Waals surface area contributed by atoms with Crippen molar-refractivity contribution in [3.05, 3.63) is 57.0 Å². The summed E-state index contributed by atoms with van der Waals surface area (Å²) in [5.74, 6) is 0. The molecule has 96 valence electrons. The summed E-state index contributed by atoms with van der Waals surface area (Å²) in [4.78, 5) is 4.59. The molecule has 1 N–H and O–H groups in total. The molecule has 0 spiro atoms. The third kappa shape index (κ3) is 2.91. The van der Waals surface area contributed by atoms with Gasteiger partial charge in [-0.25, -0.2) is 4.98 Å². The van der Waals surface area contributed by atoms with E-state index >= 15 is 0 Å². The summed E-state index contributed by atoms with van der Waals surface area (Å²) in [6.45, 7) is 0.708. The number of aromatic nitrogens is 1. The molecular formula is C14H10BrClN2S. The summed E-state index contributed by atoms with van der Waals surface area (Å²) in [5.41, 5.74) is 2.07. The average Bonchev–Trinajstić information content (AvgIpc) is 2.80. The van der Waals surface area contributed by atoms with E-state index in [0.29, 0.717) is 6.54 Å². The van der Waals surface area contributed by atoms with Gasteiger partial charge in [-0.2, -0.15) is 0 Å². The number of benzene rings is 2. The lowest BCUT2D eigenvalue weighted by atomic mass is 10.3. The van der Waals surface area contributed by atoms with Crippen molar-refractivity contribution in [3.63, 3.8) is 0 Å². The Morgan fingerprint density at radius 3 is 2.84 bits per heavy atom. The quantitative estimate of drug-likeness (QED) is 0.689. The largest absolute Gasteiger partial charge is 0.378 e. The Hall–Kier alpha value is -1.10. The van der Waals surface area contributed by atoms with E-state index in [1.165, 1.54) is 4.70 Å². The molecule has 0 saturated heterocycles. The van der Waals surface area contributed by atoms with E-state index in [2.05, 4.69) is 32.3 Å². The van der Waals surface area contributed by atoms with E-state index in [1.54, 1.807) is 11.3 Å². The van der Waals surface area contributed by atoms with Crippen LogP contribution in [-0.4, -0.2) is 4.98 Å². The first kappa shape index (κ1) is 12.9. The molecular weight excluding hydrogens is 344 g/mol. The molecule has 0 aliphatic rings. The highest BCUT2D eigenvalue weighted by atomic mass is 79.9. The van der Waals surface area contributed by atoms with Gasteiger partial charge in [-0.3, -0.25) is 0 Å². The van der Waals surface area contributed by atoms with Crippen molar-refractivity contribution in [3.8, 4) is 0 Å². The van der Waals surface area contributed by atoms with Gasteiger partial charge in [0.25, 0.3) is 0 Å². The van der Waals surface area contributed by atoms with Crippen molar-refractivity contribution in [1.82, 2.24) is 4.98 Å². The minimum absolute atomic E-state index is 0.708. The Balaban J connectivity index is 1.78. The molecule has 0 aliphatic heterocycles. The molecule has 3 rings (SSSR count). The van der Waals surface area contributed by atoms with Gasteiger partial charge in [-0.15, -0.1) is 11.3 Å². The molecule has 1 aromatic heterocycles. The van der Waals surface area contributed by atoms with Gasteiger partial charge in [0.15, 0.2) is 0 Å². The summed E-state index contributed by atoms with van der Waals surface area (Å²) < 4.78 is 2.18. The van der Waals surface area contributed by atoms with Gasteiger partial charge < -0.3 is 5.32 Å². The lowest BCUT2D eigenvalue weighted by molar-refractivity contribution is 1.12. The van der Waals surface area contributed by atoms with E-state index in [-0.39, 0.29) is 0 Å².